The van der Waals surface area contributed by atoms with E-state index in [1.54, 1.807) is 12.1 Å². The van der Waals surface area contributed by atoms with Gasteiger partial charge >= 0.3 is 6.03 Å². The number of phenols is 2. The number of carbonyl (C=O) groups excluding carboxylic acids is 1. The van der Waals surface area contributed by atoms with Crippen LogP contribution in [0.25, 0.3) is 10.2 Å². The maximum atomic E-state index is 12.2. The second kappa shape index (κ2) is 8.52. The number of rotatable bonds is 5. The van der Waals surface area contributed by atoms with Gasteiger partial charge in [-0.2, -0.15) is 0 Å². The van der Waals surface area contributed by atoms with Crippen LogP contribution in [0.2, 0.25) is 0 Å². The summed E-state index contributed by atoms with van der Waals surface area (Å²) in [4.78, 5) is 17.9. The van der Waals surface area contributed by atoms with E-state index in [0.717, 1.165) is 20.2 Å². The molecule has 0 aliphatic carbocycles. The molecule has 4 rings (SSSR count). The molecule has 0 bridgehead atoms. The van der Waals surface area contributed by atoms with Crippen LogP contribution in [0.4, 0.5) is 21.3 Å². The predicted molar refractivity (Wildman–Crippen MR) is 123 cm³/mol. The lowest BCUT2D eigenvalue weighted by Gasteiger charge is -2.08. The van der Waals surface area contributed by atoms with Gasteiger partial charge in [-0.1, -0.05) is 29.0 Å². The number of fused-ring (bicyclic) bond motifs is 1. The molecule has 2 amide bonds. The maximum absolute atomic E-state index is 12.2. The fourth-order valence-electron chi connectivity index (χ4n) is 2.65. The van der Waals surface area contributed by atoms with Crippen molar-refractivity contribution in [2.75, 3.05) is 15.4 Å². The highest BCUT2D eigenvalue weighted by atomic mass is 32.2. The van der Waals surface area contributed by atoms with Crippen molar-refractivity contribution >= 4 is 56.0 Å². The largest absolute Gasteiger partial charge is 0.504 e. The average Bonchev–Trinajstić information content (AvgIpc) is 3.12. The zero-order chi connectivity index (χ0) is 21.1. The monoisotopic (exact) mass is 438 g/mol. The number of nitrogens with one attached hydrogen (secondary N) is 3. The van der Waals surface area contributed by atoms with E-state index in [4.69, 9.17) is 0 Å². The number of amides is 2. The Morgan fingerprint density at radius 2 is 1.63 bits per heavy atom. The molecule has 7 nitrogen and oxygen atoms in total. The Morgan fingerprint density at radius 3 is 2.37 bits per heavy atom. The summed E-state index contributed by atoms with van der Waals surface area (Å²) in [6.07, 6.45) is 0. The van der Waals surface area contributed by atoms with Gasteiger partial charge in [0.25, 0.3) is 0 Å². The lowest BCUT2D eigenvalue weighted by atomic mass is 10.2. The third-order valence-electron chi connectivity index (χ3n) is 4.16. The Balaban J connectivity index is 1.40. The Kier molecular flexibility index (Phi) is 5.64. The molecule has 0 spiro atoms. The molecule has 0 unspecified atom stereocenters. The molecule has 152 valence electrons. The first-order chi connectivity index (χ1) is 14.5. The molecule has 5 N–H and O–H groups in total. The number of carbonyl (C=O) groups is 1. The number of aryl methyl sites for hydroxylation is 1. The molecule has 3 aromatic carbocycles. The van der Waals surface area contributed by atoms with Crippen LogP contribution in [0.1, 0.15) is 5.56 Å². The van der Waals surface area contributed by atoms with Crippen LogP contribution in [-0.4, -0.2) is 21.2 Å². The summed E-state index contributed by atoms with van der Waals surface area (Å²) in [5.41, 5.74) is 2.93. The van der Waals surface area contributed by atoms with E-state index in [1.165, 1.54) is 47.0 Å². The van der Waals surface area contributed by atoms with Gasteiger partial charge in [0.1, 0.15) is 0 Å². The number of anilines is 3. The third-order valence-corrected chi connectivity index (χ3v) is 6.04. The third kappa shape index (κ3) is 4.76. The smallest absolute Gasteiger partial charge is 0.323 e. The highest BCUT2D eigenvalue weighted by Crippen LogP contribution is 2.31. The van der Waals surface area contributed by atoms with E-state index in [0.29, 0.717) is 11.4 Å². The minimum atomic E-state index is -0.469. The Morgan fingerprint density at radius 1 is 0.933 bits per heavy atom. The zero-order valence-electron chi connectivity index (χ0n) is 15.8. The fraction of sp³-hybridized carbons (Fsp3) is 0.0476. The zero-order valence-corrected chi connectivity index (χ0v) is 17.5. The molecule has 9 heteroatoms. The number of phenolic OH excluding ortho intramolecular Hbond substituents is 2. The summed E-state index contributed by atoms with van der Waals surface area (Å²) in [5, 5.41) is 25.0. The Labute approximate surface area is 180 Å². The summed E-state index contributed by atoms with van der Waals surface area (Å²) < 4.78 is 4.25. The van der Waals surface area contributed by atoms with Gasteiger partial charge in [-0.05, 0) is 61.3 Å². The van der Waals surface area contributed by atoms with Gasteiger partial charge in [-0.25, -0.2) is 9.78 Å². The van der Waals surface area contributed by atoms with Crippen LogP contribution < -0.4 is 15.4 Å². The van der Waals surface area contributed by atoms with E-state index in [1.807, 2.05) is 6.07 Å². The second-order valence-corrected chi connectivity index (χ2v) is 8.41. The molecular formula is C21H18N4O3S2. The molecule has 0 fully saturated rings. The van der Waals surface area contributed by atoms with Gasteiger partial charge in [0.15, 0.2) is 16.6 Å². The van der Waals surface area contributed by atoms with Crippen molar-refractivity contribution in [1.82, 2.24) is 4.98 Å². The summed E-state index contributed by atoms with van der Waals surface area (Å²) in [6, 6.07) is 17.3. The van der Waals surface area contributed by atoms with Gasteiger partial charge < -0.3 is 25.6 Å². The standard InChI is InChI=1S/C21H18N4O3S2/c1-12-2-6-15(7-3-12)30-25-21-24-16-10-13(5-9-19(16)29-21)22-20(28)23-14-4-8-17(26)18(27)11-14/h2-11,26-27H,1H3,(H,24,25)(H2,22,23,28). The second-order valence-electron chi connectivity index (χ2n) is 6.50. The van der Waals surface area contributed by atoms with Crippen molar-refractivity contribution in [2.45, 2.75) is 11.8 Å². The molecule has 1 heterocycles. The number of benzene rings is 3. The van der Waals surface area contributed by atoms with E-state index in [2.05, 4.69) is 51.5 Å². The number of nitrogens with zero attached hydrogens (tertiary/aromatic N) is 1. The van der Waals surface area contributed by atoms with E-state index >= 15 is 0 Å². The molecule has 1 aromatic heterocycles. The lowest BCUT2D eigenvalue weighted by Crippen LogP contribution is -2.19. The van der Waals surface area contributed by atoms with Crippen molar-refractivity contribution in [1.29, 1.82) is 0 Å². The fourth-order valence-corrected chi connectivity index (χ4v) is 4.16. The SMILES string of the molecule is Cc1ccc(SNc2nc3cc(NC(=O)Nc4ccc(O)c(O)c4)ccc3s2)cc1. The molecule has 0 saturated carbocycles. The van der Waals surface area contributed by atoms with Gasteiger partial charge in [-0.3, -0.25) is 0 Å². The summed E-state index contributed by atoms with van der Waals surface area (Å²) in [6.45, 7) is 2.05. The molecule has 30 heavy (non-hydrogen) atoms. The Hall–Kier alpha value is -3.43. The molecule has 0 aliphatic rings. The number of thiazole rings is 1. The minimum Gasteiger partial charge on any atom is -0.504 e. The van der Waals surface area contributed by atoms with Crippen LogP contribution in [0.15, 0.2) is 65.6 Å². The highest BCUT2D eigenvalue weighted by molar-refractivity contribution is 8.00. The van der Waals surface area contributed by atoms with Crippen molar-refractivity contribution in [3.05, 3.63) is 66.2 Å². The number of urea groups is 1. The first kappa shape index (κ1) is 19.9. The summed E-state index contributed by atoms with van der Waals surface area (Å²) in [5.74, 6) is -0.555. The average molecular weight is 439 g/mol. The Bertz CT molecular complexity index is 1210. The first-order valence-electron chi connectivity index (χ1n) is 8.96. The summed E-state index contributed by atoms with van der Waals surface area (Å²) >= 11 is 3.03. The van der Waals surface area contributed by atoms with E-state index in [9.17, 15) is 15.0 Å². The van der Waals surface area contributed by atoms with Gasteiger partial charge in [0, 0.05) is 22.3 Å². The van der Waals surface area contributed by atoms with Crippen molar-refractivity contribution in [3.63, 3.8) is 0 Å². The van der Waals surface area contributed by atoms with E-state index in [-0.39, 0.29) is 11.5 Å². The molecule has 0 radical (unpaired) electrons. The minimum absolute atomic E-state index is 0.250. The molecule has 4 aromatic rings. The van der Waals surface area contributed by atoms with Crippen LogP contribution in [0.5, 0.6) is 11.5 Å². The van der Waals surface area contributed by atoms with Gasteiger partial charge in [-0.15, -0.1) is 0 Å². The number of hydrogen-bond acceptors (Lipinski definition) is 7. The van der Waals surface area contributed by atoms with Crippen molar-refractivity contribution in [3.8, 4) is 11.5 Å². The normalized spacial score (nSPS) is 10.7. The van der Waals surface area contributed by atoms with Crippen molar-refractivity contribution < 1.29 is 15.0 Å². The number of aromatic nitrogens is 1. The maximum Gasteiger partial charge on any atom is 0.323 e. The highest BCUT2D eigenvalue weighted by Gasteiger charge is 2.09. The molecular weight excluding hydrogens is 420 g/mol. The quantitative estimate of drug-likeness (QED) is 0.154. The van der Waals surface area contributed by atoms with Crippen LogP contribution in [-0.2, 0) is 0 Å². The van der Waals surface area contributed by atoms with Gasteiger partial charge in [0.05, 0.1) is 10.2 Å². The molecule has 0 atom stereocenters. The summed E-state index contributed by atoms with van der Waals surface area (Å²) in [7, 11) is 0. The number of hydrogen-bond donors (Lipinski definition) is 5. The molecule has 0 saturated heterocycles. The van der Waals surface area contributed by atoms with Crippen LogP contribution in [0, 0.1) is 6.92 Å². The van der Waals surface area contributed by atoms with Crippen LogP contribution in [0.3, 0.4) is 0 Å². The lowest BCUT2D eigenvalue weighted by molar-refractivity contribution is 0.262. The molecule has 0 aliphatic heterocycles. The first-order valence-corrected chi connectivity index (χ1v) is 10.6. The predicted octanol–water partition coefficient (Wildman–Crippen LogP) is 5.78. The number of aromatic hydroxyl groups is 2. The van der Waals surface area contributed by atoms with E-state index < -0.39 is 6.03 Å². The van der Waals surface area contributed by atoms with Crippen LogP contribution >= 0.6 is 23.3 Å². The van der Waals surface area contributed by atoms with Gasteiger partial charge in [0.2, 0.25) is 0 Å². The van der Waals surface area contributed by atoms with Crippen molar-refractivity contribution in [2.24, 2.45) is 0 Å². The topological polar surface area (TPSA) is 107 Å².